The first kappa shape index (κ1) is 15.2. The van der Waals surface area contributed by atoms with Gasteiger partial charge in [-0.25, -0.2) is 4.79 Å². The molecule has 0 rings (SSSR count). The lowest BCUT2D eigenvalue weighted by molar-refractivity contribution is -0.145. The number of ether oxygens (including phenoxy) is 1. The highest BCUT2D eigenvalue weighted by atomic mass is 16.5. The van der Waals surface area contributed by atoms with Gasteiger partial charge in [-0.3, -0.25) is 0 Å². The van der Waals surface area contributed by atoms with E-state index in [1.165, 1.54) is 0 Å². The van der Waals surface area contributed by atoms with Crippen LogP contribution in [0.25, 0.3) is 0 Å². The molecule has 0 saturated carbocycles. The van der Waals surface area contributed by atoms with Gasteiger partial charge in [0.05, 0.1) is 0 Å². The maximum Gasteiger partial charge on any atom is 0.333 e. The minimum atomic E-state index is -0.255. The molecule has 0 fully saturated rings. The highest BCUT2D eigenvalue weighted by Gasteiger charge is 2.16. The number of rotatable bonds is 7. The smallest absolute Gasteiger partial charge is 0.333 e. The first-order valence-electron chi connectivity index (χ1n) is 6.19. The van der Waals surface area contributed by atoms with E-state index >= 15 is 0 Å². The molecule has 0 aromatic heterocycles. The van der Waals surface area contributed by atoms with Crippen LogP contribution >= 0.6 is 0 Å². The zero-order valence-corrected chi connectivity index (χ0v) is 11.4. The Labute approximate surface area is 100 Å². The van der Waals surface area contributed by atoms with E-state index in [-0.39, 0.29) is 12.1 Å². The standard InChI is InChI=1S/C14H26O2/c1-10(2)7-8-13(9-11(3)4)16-14(15)12(5)6/h10-11,13H,5,7-9H2,1-4,6H3. The van der Waals surface area contributed by atoms with Crippen molar-refractivity contribution in [3.63, 3.8) is 0 Å². The highest BCUT2D eigenvalue weighted by Crippen LogP contribution is 2.17. The summed E-state index contributed by atoms with van der Waals surface area (Å²) in [5, 5.41) is 0. The maximum atomic E-state index is 11.5. The second-order valence-electron chi connectivity index (χ2n) is 5.41. The van der Waals surface area contributed by atoms with Gasteiger partial charge in [0, 0.05) is 5.57 Å². The molecule has 0 N–H and O–H groups in total. The van der Waals surface area contributed by atoms with E-state index < -0.39 is 0 Å². The quantitative estimate of drug-likeness (QED) is 0.485. The minimum Gasteiger partial charge on any atom is -0.459 e. The molecule has 2 heteroatoms. The second-order valence-corrected chi connectivity index (χ2v) is 5.41. The molecule has 2 nitrogen and oxygen atoms in total. The van der Waals surface area contributed by atoms with Crippen molar-refractivity contribution in [2.45, 2.75) is 60.0 Å². The summed E-state index contributed by atoms with van der Waals surface area (Å²) in [6.07, 6.45) is 3.04. The predicted octanol–water partition coefficient (Wildman–Crippen LogP) is 3.96. The fourth-order valence-corrected chi connectivity index (χ4v) is 1.52. The number of carbonyl (C=O) groups excluding carboxylic acids is 1. The van der Waals surface area contributed by atoms with Crippen LogP contribution in [0, 0.1) is 11.8 Å². The lowest BCUT2D eigenvalue weighted by Crippen LogP contribution is -2.21. The van der Waals surface area contributed by atoms with Gasteiger partial charge in [-0.1, -0.05) is 34.3 Å². The van der Waals surface area contributed by atoms with Gasteiger partial charge in [-0.05, 0) is 38.0 Å². The monoisotopic (exact) mass is 226 g/mol. The summed E-state index contributed by atoms with van der Waals surface area (Å²) in [5.74, 6) is 0.947. The van der Waals surface area contributed by atoms with E-state index in [9.17, 15) is 4.79 Å². The molecular formula is C14H26O2. The van der Waals surface area contributed by atoms with Crippen molar-refractivity contribution in [2.24, 2.45) is 11.8 Å². The molecule has 0 heterocycles. The van der Waals surface area contributed by atoms with Crippen molar-refractivity contribution in [3.05, 3.63) is 12.2 Å². The Hall–Kier alpha value is -0.790. The Bertz CT molecular complexity index is 229. The lowest BCUT2D eigenvalue weighted by Gasteiger charge is -2.20. The van der Waals surface area contributed by atoms with Crippen LogP contribution in [0.4, 0.5) is 0 Å². The van der Waals surface area contributed by atoms with E-state index in [2.05, 4.69) is 34.3 Å². The molecule has 94 valence electrons. The average molecular weight is 226 g/mol. The molecule has 0 aliphatic heterocycles. The molecule has 16 heavy (non-hydrogen) atoms. The van der Waals surface area contributed by atoms with Gasteiger partial charge in [-0.2, -0.15) is 0 Å². The van der Waals surface area contributed by atoms with Crippen molar-refractivity contribution in [2.75, 3.05) is 0 Å². The fourth-order valence-electron chi connectivity index (χ4n) is 1.52. The summed E-state index contributed by atoms with van der Waals surface area (Å²) in [6.45, 7) is 14.0. The lowest BCUT2D eigenvalue weighted by atomic mass is 9.98. The molecule has 0 aromatic rings. The fraction of sp³-hybridized carbons (Fsp3) is 0.786. The molecule has 0 aliphatic carbocycles. The summed E-state index contributed by atoms with van der Waals surface area (Å²) in [6, 6.07) is 0. The third kappa shape index (κ3) is 7.49. The first-order valence-corrected chi connectivity index (χ1v) is 6.19. The van der Waals surface area contributed by atoms with Gasteiger partial charge < -0.3 is 4.74 Å². The third-order valence-corrected chi connectivity index (χ3v) is 2.42. The zero-order valence-electron chi connectivity index (χ0n) is 11.4. The van der Waals surface area contributed by atoms with Gasteiger partial charge in [-0.15, -0.1) is 0 Å². The van der Waals surface area contributed by atoms with E-state index in [4.69, 9.17) is 4.74 Å². The zero-order chi connectivity index (χ0) is 12.7. The Morgan fingerprint density at radius 2 is 1.69 bits per heavy atom. The number of hydrogen-bond donors (Lipinski definition) is 0. The maximum absolute atomic E-state index is 11.5. The molecule has 0 bridgehead atoms. The number of esters is 1. The first-order chi connectivity index (χ1) is 7.32. The van der Waals surface area contributed by atoms with Crippen molar-refractivity contribution >= 4 is 5.97 Å². The topological polar surface area (TPSA) is 26.3 Å². The predicted molar refractivity (Wildman–Crippen MR) is 68.2 cm³/mol. The van der Waals surface area contributed by atoms with Crippen molar-refractivity contribution < 1.29 is 9.53 Å². The van der Waals surface area contributed by atoms with Crippen molar-refractivity contribution in [1.82, 2.24) is 0 Å². The van der Waals surface area contributed by atoms with Crippen LogP contribution in [0.3, 0.4) is 0 Å². The van der Waals surface area contributed by atoms with Crippen LogP contribution in [0.1, 0.15) is 53.9 Å². The Balaban J connectivity index is 4.19. The summed E-state index contributed by atoms with van der Waals surface area (Å²) in [4.78, 5) is 11.5. The number of hydrogen-bond acceptors (Lipinski definition) is 2. The van der Waals surface area contributed by atoms with E-state index in [0.717, 1.165) is 19.3 Å². The molecule has 0 amide bonds. The Kier molecular flexibility index (Phi) is 7.11. The van der Waals surface area contributed by atoms with E-state index in [1.54, 1.807) is 6.92 Å². The summed E-state index contributed by atoms with van der Waals surface area (Å²) >= 11 is 0. The van der Waals surface area contributed by atoms with Gasteiger partial charge in [0.2, 0.25) is 0 Å². The minimum absolute atomic E-state index is 0.0478. The molecule has 1 atom stereocenters. The van der Waals surface area contributed by atoms with Gasteiger partial charge in [0.1, 0.15) is 6.10 Å². The Morgan fingerprint density at radius 3 is 2.06 bits per heavy atom. The summed E-state index contributed by atoms with van der Waals surface area (Å²) in [7, 11) is 0. The van der Waals surface area contributed by atoms with Crippen molar-refractivity contribution in [1.29, 1.82) is 0 Å². The largest absolute Gasteiger partial charge is 0.459 e. The third-order valence-electron chi connectivity index (χ3n) is 2.42. The average Bonchev–Trinajstić information content (AvgIpc) is 2.12. The summed E-state index contributed by atoms with van der Waals surface area (Å²) in [5.41, 5.74) is 0.485. The highest BCUT2D eigenvalue weighted by molar-refractivity contribution is 5.87. The molecule has 0 aromatic carbocycles. The van der Waals surface area contributed by atoms with Crippen LogP contribution in [0.15, 0.2) is 12.2 Å². The van der Waals surface area contributed by atoms with Crippen LogP contribution in [0.5, 0.6) is 0 Å². The van der Waals surface area contributed by atoms with Crippen LogP contribution < -0.4 is 0 Å². The molecule has 0 spiro atoms. The van der Waals surface area contributed by atoms with Crippen molar-refractivity contribution in [3.8, 4) is 0 Å². The second kappa shape index (κ2) is 7.48. The number of carbonyl (C=O) groups is 1. The summed E-state index contributed by atoms with van der Waals surface area (Å²) < 4.78 is 5.43. The van der Waals surface area contributed by atoms with Crippen LogP contribution in [-0.4, -0.2) is 12.1 Å². The SMILES string of the molecule is C=C(C)C(=O)OC(CCC(C)C)CC(C)C. The molecule has 0 saturated heterocycles. The van der Waals surface area contributed by atoms with E-state index in [1.807, 2.05) is 0 Å². The molecule has 0 aliphatic rings. The molecule has 1 unspecified atom stereocenters. The van der Waals surface area contributed by atoms with Gasteiger partial charge in [0.15, 0.2) is 0 Å². The molecular weight excluding hydrogens is 200 g/mol. The normalized spacial score (nSPS) is 12.9. The molecule has 0 radical (unpaired) electrons. The van der Waals surface area contributed by atoms with Gasteiger partial charge >= 0.3 is 5.97 Å². The Morgan fingerprint density at radius 1 is 1.12 bits per heavy atom. The van der Waals surface area contributed by atoms with Crippen LogP contribution in [0.2, 0.25) is 0 Å². The van der Waals surface area contributed by atoms with E-state index in [0.29, 0.717) is 17.4 Å². The van der Waals surface area contributed by atoms with Crippen LogP contribution in [-0.2, 0) is 9.53 Å². The van der Waals surface area contributed by atoms with Gasteiger partial charge in [0.25, 0.3) is 0 Å².